The number of rotatable bonds is 7. The van der Waals surface area contributed by atoms with Gasteiger partial charge in [-0.15, -0.1) is 0 Å². The molecule has 0 radical (unpaired) electrons. The quantitative estimate of drug-likeness (QED) is 0.678. The number of amides is 1. The van der Waals surface area contributed by atoms with Crippen molar-refractivity contribution in [3.05, 3.63) is 34.4 Å². The third-order valence-electron chi connectivity index (χ3n) is 5.48. The molecule has 1 aliphatic carbocycles. The van der Waals surface area contributed by atoms with E-state index < -0.39 is 0 Å². The molecule has 0 bridgehead atoms. The van der Waals surface area contributed by atoms with Crippen LogP contribution in [0, 0.1) is 32.6 Å². The molecule has 2 heterocycles. The van der Waals surface area contributed by atoms with E-state index in [1.54, 1.807) is 17.8 Å². The third kappa shape index (κ3) is 3.95. The van der Waals surface area contributed by atoms with Gasteiger partial charge in [0.25, 0.3) is 5.91 Å². The summed E-state index contributed by atoms with van der Waals surface area (Å²) < 4.78 is 8.58. The van der Waals surface area contributed by atoms with E-state index in [4.69, 9.17) is 4.74 Å². The van der Waals surface area contributed by atoms with Crippen molar-refractivity contribution < 1.29 is 14.3 Å². The minimum Gasteiger partial charge on any atom is -0.466 e. The second-order valence-electron chi connectivity index (χ2n) is 7.61. The number of aryl methyl sites for hydroxylation is 4. The summed E-state index contributed by atoms with van der Waals surface area (Å²) in [6.45, 7) is 8.99. The van der Waals surface area contributed by atoms with Crippen molar-refractivity contribution in [2.75, 3.05) is 13.2 Å². The molecule has 28 heavy (non-hydrogen) atoms. The van der Waals surface area contributed by atoms with Crippen LogP contribution in [0.15, 0.2) is 6.07 Å². The lowest BCUT2D eigenvalue weighted by Gasteiger charge is -2.23. The topological polar surface area (TPSA) is 82.2 Å². The summed E-state index contributed by atoms with van der Waals surface area (Å²) in [4.78, 5) is 27.1. The fourth-order valence-electron chi connectivity index (χ4n) is 3.70. The molecule has 2 aromatic rings. The Balaban J connectivity index is 1.83. The van der Waals surface area contributed by atoms with Gasteiger partial charge in [0, 0.05) is 38.4 Å². The molecular formula is C20H29N5O3. The van der Waals surface area contributed by atoms with E-state index in [1.807, 2.05) is 44.3 Å². The molecule has 3 rings (SSSR count). The van der Waals surface area contributed by atoms with E-state index in [2.05, 4.69) is 10.2 Å². The van der Waals surface area contributed by atoms with E-state index in [9.17, 15) is 9.59 Å². The van der Waals surface area contributed by atoms with Gasteiger partial charge in [-0.1, -0.05) is 0 Å². The second-order valence-corrected chi connectivity index (χ2v) is 7.61. The van der Waals surface area contributed by atoms with Crippen LogP contribution in [0.25, 0.3) is 0 Å². The van der Waals surface area contributed by atoms with Crippen LogP contribution in [0.5, 0.6) is 0 Å². The molecule has 0 unspecified atom stereocenters. The highest BCUT2D eigenvalue weighted by atomic mass is 16.5. The van der Waals surface area contributed by atoms with Crippen LogP contribution in [0.1, 0.15) is 46.5 Å². The summed E-state index contributed by atoms with van der Waals surface area (Å²) in [5.74, 6) is -0.223. The van der Waals surface area contributed by atoms with Crippen LogP contribution in [-0.4, -0.2) is 49.5 Å². The fourth-order valence-corrected chi connectivity index (χ4v) is 3.70. The van der Waals surface area contributed by atoms with Crippen molar-refractivity contribution in [1.82, 2.24) is 24.5 Å². The minimum atomic E-state index is -0.162. The van der Waals surface area contributed by atoms with E-state index in [-0.39, 0.29) is 23.7 Å². The Morgan fingerprint density at radius 3 is 2.46 bits per heavy atom. The molecule has 0 spiro atoms. The van der Waals surface area contributed by atoms with Gasteiger partial charge in [0.05, 0.1) is 23.9 Å². The van der Waals surface area contributed by atoms with Crippen molar-refractivity contribution in [3.8, 4) is 0 Å². The largest absolute Gasteiger partial charge is 0.466 e. The Bertz CT molecular complexity index is 898. The highest BCUT2D eigenvalue weighted by molar-refractivity contribution is 5.92. The lowest BCUT2D eigenvalue weighted by molar-refractivity contribution is -0.145. The average molecular weight is 387 g/mol. The van der Waals surface area contributed by atoms with E-state index in [0.29, 0.717) is 25.4 Å². The summed E-state index contributed by atoms with van der Waals surface area (Å²) in [5, 5.41) is 8.77. The lowest BCUT2D eigenvalue weighted by atomic mass is 10.1. The zero-order valence-electron chi connectivity index (χ0n) is 17.5. The van der Waals surface area contributed by atoms with Crippen LogP contribution >= 0.6 is 0 Å². The predicted molar refractivity (Wildman–Crippen MR) is 104 cm³/mol. The Labute approximate surface area is 165 Å². The van der Waals surface area contributed by atoms with E-state index >= 15 is 0 Å². The Morgan fingerprint density at radius 1 is 1.21 bits per heavy atom. The van der Waals surface area contributed by atoms with Gasteiger partial charge in [0.2, 0.25) is 0 Å². The molecule has 0 aliphatic heterocycles. The van der Waals surface area contributed by atoms with Crippen molar-refractivity contribution in [1.29, 1.82) is 0 Å². The molecule has 0 aromatic carbocycles. The number of hydrogen-bond acceptors (Lipinski definition) is 5. The first-order chi connectivity index (χ1) is 13.2. The van der Waals surface area contributed by atoms with Gasteiger partial charge in [0.15, 0.2) is 0 Å². The third-order valence-corrected chi connectivity index (χ3v) is 5.48. The zero-order valence-corrected chi connectivity index (χ0v) is 17.5. The second kappa shape index (κ2) is 7.77. The first-order valence-electron chi connectivity index (χ1n) is 9.68. The molecule has 1 fully saturated rings. The molecule has 0 saturated heterocycles. The predicted octanol–water partition coefficient (Wildman–Crippen LogP) is 1.92. The summed E-state index contributed by atoms with van der Waals surface area (Å²) in [6, 6.07) is 1.80. The Kier molecular flexibility index (Phi) is 5.58. The Hall–Kier alpha value is -2.64. The van der Waals surface area contributed by atoms with Gasteiger partial charge >= 0.3 is 5.97 Å². The van der Waals surface area contributed by atoms with Crippen LogP contribution in [-0.2, 0) is 30.2 Å². The van der Waals surface area contributed by atoms with Gasteiger partial charge < -0.3 is 9.64 Å². The molecule has 0 N–H and O–H groups in total. The first-order valence-corrected chi connectivity index (χ1v) is 9.68. The maximum atomic E-state index is 13.3. The molecule has 1 aliphatic rings. The molecular weight excluding hydrogens is 358 g/mol. The summed E-state index contributed by atoms with van der Waals surface area (Å²) >= 11 is 0. The van der Waals surface area contributed by atoms with E-state index in [0.717, 1.165) is 29.1 Å². The van der Waals surface area contributed by atoms with Crippen molar-refractivity contribution >= 4 is 11.9 Å². The molecule has 1 amide bonds. The van der Waals surface area contributed by atoms with Gasteiger partial charge in [0.1, 0.15) is 5.69 Å². The first kappa shape index (κ1) is 20.1. The zero-order chi connectivity index (χ0) is 20.6. The number of carbonyl (C=O) groups excluding carboxylic acids is 2. The lowest BCUT2D eigenvalue weighted by Crippen LogP contribution is -2.34. The molecule has 8 nitrogen and oxygen atoms in total. The highest BCUT2D eigenvalue weighted by Crippen LogP contribution is 2.40. The van der Waals surface area contributed by atoms with Crippen LogP contribution < -0.4 is 0 Å². The van der Waals surface area contributed by atoms with Crippen LogP contribution in [0.3, 0.4) is 0 Å². The fraction of sp³-hybridized carbons (Fsp3) is 0.600. The molecule has 8 heteroatoms. The maximum absolute atomic E-state index is 13.3. The van der Waals surface area contributed by atoms with Crippen molar-refractivity contribution in [3.63, 3.8) is 0 Å². The number of carbonyl (C=O) groups is 2. The van der Waals surface area contributed by atoms with Gasteiger partial charge in [-0.05, 0) is 46.1 Å². The number of esters is 1. The summed E-state index contributed by atoms with van der Waals surface area (Å²) in [6.07, 6.45) is 0.762. The molecule has 1 saturated carbocycles. The SMILES string of the molecule is CCOC(=O)[C@@H]1C[C@H]1CN(Cc1c(C)nn(C)c1C)C(=O)c1cc(C)nn1C. The van der Waals surface area contributed by atoms with Gasteiger partial charge in [-0.3, -0.25) is 19.0 Å². The number of hydrogen-bond donors (Lipinski definition) is 0. The van der Waals surface area contributed by atoms with Crippen LogP contribution in [0.4, 0.5) is 0 Å². The molecule has 152 valence electrons. The summed E-state index contributed by atoms with van der Waals surface area (Å²) in [7, 11) is 3.68. The molecule has 2 aromatic heterocycles. The average Bonchev–Trinajstić information content (AvgIpc) is 3.26. The normalized spacial score (nSPS) is 18.2. The molecule has 2 atom stereocenters. The van der Waals surface area contributed by atoms with E-state index in [1.165, 1.54) is 0 Å². The highest BCUT2D eigenvalue weighted by Gasteiger charge is 2.45. The van der Waals surface area contributed by atoms with Crippen molar-refractivity contribution in [2.45, 2.75) is 40.7 Å². The van der Waals surface area contributed by atoms with Gasteiger partial charge in [-0.2, -0.15) is 10.2 Å². The maximum Gasteiger partial charge on any atom is 0.309 e. The number of aromatic nitrogens is 4. The monoisotopic (exact) mass is 387 g/mol. The van der Waals surface area contributed by atoms with Crippen molar-refractivity contribution in [2.24, 2.45) is 25.9 Å². The Morgan fingerprint density at radius 2 is 1.93 bits per heavy atom. The summed E-state index contributed by atoms with van der Waals surface area (Å²) in [5.41, 5.74) is 4.34. The van der Waals surface area contributed by atoms with Crippen LogP contribution in [0.2, 0.25) is 0 Å². The standard InChI is InChI=1S/C20H29N5O3/c1-7-28-20(27)16-9-15(16)10-25(11-17-13(3)22-23(5)14(17)4)19(26)18-8-12(2)21-24(18)6/h8,15-16H,7,9-11H2,1-6H3/t15-,16+/m0/s1. The smallest absolute Gasteiger partial charge is 0.309 e. The minimum absolute atomic E-state index is 0.0831. The number of ether oxygens (including phenoxy) is 1. The van der Waals surface area contributed by atoms with Gasteiger partial charge in [-0.25, -0.2) is 0 Å². The number of nitrogens with zero attached hydrogens (tertiary/aromatic N) is 5.